The second-order valence-electron chi connectivity index (χ2n) is 6.18. The van der Waals surface area contributed by atoms with Gasteiger partial charge in [-0.15, -0.1) is 0 Å². The zero-order chi connectivity index (χ0) is 19.2. The number of benzene rings is 2. The number of nitrogens with one attached hydrogen (secondary N) is 1. The Hall–Kier alpha value is -2.93. The van der Waals surface area contributed by atoms with Crippen LogP contribution in [0.2, 0.25) is 0 Å². The number of ether oxygens (including phenoxy) is 2. The van der Waals surface area contributed by atoms with E-state index in [-0.39, 0.29) is 29.6 Å². The van der Waals surface area contributed by atoms with Crippen LogP contribution in [0.15, 0.2) is 42.5 Å². The lowest BCUT2D eigenvalue weighted by atomic mass is 10.1. The van der Waals surface area contributed by atoms with E-state index >= 15 is 0 Å². The number of rotatable bonds is 6. The quantitative estimate of drug-likeness (QED) is 0.790. The first-order chi connectivity index (χ1) is 13.0. The Morgan fingerprint density at radius 1 is 1.15 bits per heavy atom. The molecule has 1 saturated heterocycles. The maximum Gasteiger partial charge on any atom is 0.262 e. The van der Waals surface area contributed by atoms with Crippen LogP contribution >= 0.6 is 0 Å². The molecule has 1 amide bonds. The largest absolute Gasteiger partial charge is 0.484 e. The number of hydrogen-bond donors (Lipinski definition) is 1. The second kappa shape index (κ2) is 8.64. The van der Waals surface area contributed by atoms with Gasteiger partial charge < -0.3 is 19.7 Å². The van der Waals surface area contributed by atoms with E-state index < -0.39 is 5.82 Å². The number of ketones is 1. The molecule has 142 valence electrons. The molecule has 0 aliphatic carbocycles. The van der Waals surface area contributed by atoms with Gasteiger partial charge in [0.25, 0.3) is 5.91 Å². The summed E-state index contributed by atoms with van der Waals surface area (Å²) in [6.45, 7) is 4.14. The minimum atomic E-state index is -0.667. The molecule has 0 bridgehead atoms. The van der Waals surface area contributed by atoms with Crippen LogP contribution in [0, 0.1) is 5.82 Å². The number of amides is 1. The Kier molecular flexibility index (Phi) is 6.03. The van der Waals surface area contributed by atoms with Crippen molar-refractivity contribution >= 4 is 23.1 Å². The standard InChI is InChI=1S/C20H21FN2O4/c1-14(24)18-7-6-17(12-19(18)21)27-13-20(25)22-15-2-4-16(5-3-15)23-8-10-26-11-9-23/h2-7,12H,8-11,13H2,1H3,(H,22,25). The van der Waals surface area contributed by atoms with Crippen molar-refractivity contribution < 1.29 is 23.5 Å². The molecule has 27 heavy (non-hydrogen) atoms. The van der Waals surface area contributed by atoms with E-state index in [0.717, 1.165) is 24.8 Å². The molecule has 2 aromatic carbocycles. The molecule has 0 unspecified atom stereocenters. The summed E-state index contributed by atoms with van der Waals surface area (Å²) in [5.74, 6) is -1.20. The maximum atomic E-state index is 13.8. The monoisotopic (exact) mass is 372 g/mol. The van der Waals surface area contributed by atoms with Crippen LogP contribution in [0.3, 0.4) is 0 Å². The Bertz CT molecular complexity index is 817. The number of halogens is 1. The molecule has 1 aliphatic heterocycles. The van der Waals surface area contributed by atoms with Crippen LogP contribution in [0.4, 0.5) is 15.8 Å². The van der Waals surface area contributed by atoms with Gasteiger partial charge in [0.2, 0.25) is 0 Å². The summed E-state index contributed by atoms with van der Waals surface area (Å²) in [5, 5.41) is 2.73. The molecule has 7 heteroatoms. The Morgan fingerprint density at radius 2 is 1.85 bits per heavy atom. The lowest BCUT2D eigenvalue weighted by molar-refractivity contribution is -0.118. The summed E-state index contributed by atoms with van der Waals surface area (Å²) in [6, 6.07) is 11.4. The van der Waals surface area contributed by atoms with Gasteiger partial charge >= 0.3 is 0 Å². The third-order valence-corrected chi connectivity index (χ3v) is 4.22. The molecule has 0 spiro atoms. The lowest BCUT2D eigenvalue weighted by Gasteiger charge is -2.28. The summed E-state index contributed by atoms with van der Waals surface area (Å²) in [6.07, 6.45) is 0. The summed E-state index contributed by atoms with van der Waals surface area (Å²) in [4.78, 5) is 25.5. The smallest absolute Gasteiger partial charge is 0.262 e. The number of anilines is 2. The summed E-state index contributed by atoms with van der Waals surface area (Å²) in [7, 11) is 0. The van der Waals surface area contributed by atoms with Gasteiger partial charge in [-0.05, 0) is 43.3 Å². The van der Waals surface area contributed by atoms with Crippen molar-refractivity contribution in [2.75, 3.05) is 43.1 Å². The molecule has 1 aliphatic rings. The Labute approximate surface area is 156 Å². The predicted molar refractivity (Wildman–Crippen MR) is 100 cm³/mol. The molecule has 2 aromatic rings. The highest BCUT2D eigenvalue weighted by Crippen LogP contribution is 2.20. The van der Waals surface area contributed by atoms with Gasteiger partial charge in [0.05, 0.1) is 18.8 Å². The number of morpholine rings is 1. The van der Waals surface area contributed by atoms with E-state index in [1.54, 1.807) is 0 Å². The van der Waals surface area contributed by atoms with Gasteiger partial charge in [-0.2, -0.15) is 0 Å². The number of hydrogen-bond acceptors (Lipinski definition) is 5. The first-order valence-corrected chi connectivity index (χ1v) is 8.69. The highest BCUT2D eigenvalue weighted by atomic mass is 19.1. The number of Topliss-reactive ketones (excluding diaryl/α,β-unsaturated/α-hetero) is 1. The zero-order valence-electron chi connectivity index (χ0n) is 15.0. The highest BCUT2D eigenvalue weighted by Gasteiger charge is 2.12. The van der Waals surface area contributed by atoms with Gasteiger partial charge in [-0.3, -0.25) is 9.59 Å². The SMILES string of the molecule is CC(=O)c1ccc(OCC(=O)Nc2ccc(N3CCOCC3)cc2)cc1F. The van der Waals surface area contributed by atoms with Crippen molar-refractivity contribution in [3.8, 4) is 5.75 Å². The van der Waals surface area contributed by atoms with Crippen LogP contribution < -0.4 is 15.0 Å². The van der Waals surface area contributed by atoms with Gasteiger partial charge in [0, 0.05) is 30.5 Å². The molecule has 1 fully saturated rings. The molecule has 3 rings (SSSR count). The Morgan fingerprint density at radius 3 is 2.48 bits per heavy atom. The molecular weight excluding hydrogens is 351 g/mol. The minimum Gasteiger partial charge on any atom is -0.484 e. The van der Waals surface area contributed by atoms with Crippen molar-refractivity contribution in [1.82, 2.24) is 0 Å². The van der Waals surface area contributed by atoms with Crippen LogP contribution in [0.5, 0.6) is 5.75 Å². The van der Waals surface area contributed by atoms with E-state index in [1.165, 1.54) is 19.1 Å². The van der Waals surface area contributed by atoms with E-state index in [4.69, 9.17) is 9.47 Å². The van der Waals surface area contributed by atoms with Crippen molar-refractivity contribution in [2.24, 2.45) is 0 Å². The highest BCUT2D eigenvalue weighted by molar-refractivity contribution is 5.94. The fraction of sp³-hybridized carbons (Fsp3) is 0.300. The Balaban J connectivity index is 1.51. The first kappa shape index (κ1) is 18.8. The molecule has 0 saturated carbocycles. The zero-order valence-corrected chi connectivity index (χ0v) is 15.0. The van der Waals surface area contributed by atoms with Gasteiger partial charge in [0.1, 0.15) is 11.6 Å². The molecule has 0 radical (unpaired) electrons. The number of nitrogens with zero attached hydrogens (tertiary/aromatic N) is 1. The molecule has 1 heterocycles. The molecular formula is C20H21FN2O4. The first-order valence-electron chi connectivity index (χ1n) is 8.69. The van der Waals surface area contributed by atoms with E-state index in [9.17, 15) is 14.0 Å². The van der Waals surface area contributed by atoms with Gasteiger partial charge in [0.15, 0.2) is 12.4 Å². The minimum absolute atomic E-state index is 0.00726. The van der Waals surface area contributed by atoms with Crippen molar-refractivity contribution in [3.63, 3.8) is 0 Å². The fourth-order valence-electron chi connectivity index (χ4n) is 2.79. The van der Waals surface area contributed by atoms with Gasteiger partial charge in [-0.1, -0.05) is 0 Å². The molecule has 0 aromatic heterocycles. The normalized spacial score (nSPS) is 13.9. The van der Waals surface area contributed by atoms with E-state index in [1.807, 2.05) is 24.3 Å². The number of carbonyl (C=O) groups excluding carboxylic acids is 2. The summed E-state index contributed by atoms with van der Waals surface area (Å²) in [5.41, 5.74) is 1.72. The van der Waals surface area contributed by atoms with Crippen molar-refractivity contribution in [2.45, 2.75) is 6.92 Å². The lowest BCUT2D eigenvalue weighted by Crippen LogP contribution is -2.36. The predicted octanol–water partition coefficient (Wildman–Crippen LogP) is 2.88. The van der Waals surface area contributed by atoms with Gasteiger partial charge in [-0.25, -0.2) is 4.39 Å². The average Bonchev–Trinajstić information content (AvgIpc) is 2.67. The van der Waals surface area contributed by atoms with Crippen molar-refractivity contribution in [3.05, 3.63) is 53.8 Å². The van der Waals surface area contributed by atoms with E-state index in [2.05, 4.69) is 10.2 Å². The van der Waals surface area contributed by atoms with Crippen LogP contribution in [-0.4, -0.2) is 44.6 Å². The van der Waals surface area contributed by atoms with Crippen LogP contribution in [0.25, 0.3) is 0 Å². The summed E-state index contributed by atoms with van der Waals surface area (Å²) >= 11 is 0. The maximum absolute atomic E-state index is 13.8. The van der Waals surface area contributed by atoms with Crippen LogP contribution in [-0.2, 0) is 9.53 Å². The van der Waals surface area contributed by atoms with Crippen LogP contribution in [0.1, 0.15) is 17.3 Å². The van der Waals surface area contributed by atoms with Crippen molar-refractivity contribution in [1.29, 1.82) is 0 Å². The average molecular weight is 372 g/mol. The number of carbonyl (C=O) groups is 2. The molecule has 1 N–H and O–H groups in total. The molecule has 6 nitrogen and oxygen atoms in total. The summed E-state index contributed by atoms with van der Waals surface area (Å²) < 4.78 is 24.4. The molecule has 0 atom stereocenters. The fourth-order valence-corrected chi connectivity index (χ4v) is 2.79. The third kappa shape index (κ3) is 5.04. The second-order valence-corrected chi connectivity index (χ2v) is 6.18. The third-order valence-electron chi connectivity index (χ3n) is 4.22. The van der Waals surface area contributed by atoms with E-state index in [0.29, 0.717) is 18.9 Å². The topological polar surface area (TPSA) is 67.9 Å².